The van der Waals surface area contributed by atoms with Crippen molar-refractivity contribution in [1.29, 1.82) is 0 Å². The van der Waals surface area contributed by atoms with Gasteiger partial charge in [-0.3, -0.25) is 0 Å². The summed E-state index contributed by atoms with van der Waals surface area (Å²) in [5.74, 6) is 1.61. The van der Waals surface area contributed by atoms with E-state index >= 15 is 0 Å². The summed E-state index contributed by atoms with van der Waals surface area (Å²) in [5.41, 5.74) is 0.857. The maximum absolute atomic E-state index is 9.57. The van der Waals surface area contributed by atoms with Crippen molar-refractivity contribution < 1.29 is 5.11 Å². The van der Waals surface area contributed by atoms with E-state index < -0.39 is 0 Å². The summed E-state index contributed by atoms with van der Waals surface area (Å²) in [4.78, 5) is 13.9. The van der Waals surface area contributed by atoms with Gasteiger partial charge in [0.2, 0.25) is 0 Å². The maximum Gasteiger partial charge on any atom is 0.142 e. The second-order valence-corrected chi connectivity index (χ2v) is 5.10. The lowest BCUT2D eigenvalue weighted by atomic mass is 9.92. The van der Waals surface area contributed by atoms with E-state index in [9.17, 15) is 5.11 Å². The molecule has 3 heterocycles. The van der Waals surface area contributed by atoms with Crippen LogP contribution < -0.4 is 4.90 Å². The third-order valence-electron chi connectivity index (χ3n) is 3.79. The Labute approximate surface area is 106 Å². The second-order valence-electron chi connectivity index (χ2n) is 5.10. The molecule has 0 bridgehead atoms. The zero-order valence-corrected chi connectivity index (χ0v) is 10.5. The Morgan fingerprint density at radius 1 is 1.50 bits per heavy atom. The Balaban J connectivity index is 2.00. The summed E-state index contributed by atoms with van der Waals surface area (Å²) < 4.78 is 0. The van der Waals surface area contributed by atoms with E-state index in [1.807, 2.05) is 12.3 Å². The van der Waals surface area contributed by atoms with Crippen LogP contribution in [0.15, 0.2) is 18.6 Å². The van der Waals surface area contributed by atoms with E-state index in [1.54, 1.807) is 6.33 Å². The van der Waals surface area contributed by atoms with Crippen molar-refractivity contribution >= 4 is 16.9 Å². The molecule has 0 aliphatic carbocycles. The number of aromatic nitrogens is 3. The lowest BCUT2D eigenvalue weighted by molar-refractivity contribution is 0.220. The first-order valence-electron chi connectivity index (χ1n) is 6.45. The van der Waals surface area contributed by atoms with Gasteiger partial charge >= 0.3 is 0 Å². The Morgan fingerprint density at radius 2 is 2.39 bits per heavy atom. The van der Waals surface area contributed by atoms with Crippen LogP contribution in [0, 0.1) is 5.92 Å². The van der Waals surface area contributed by atoms with Crippen molar-refractivity contribution in [1.82, 2.24) is 15.0 Å². The average molecular weight is 246 g/mol. The van der Waals surface area contributed by atoms with Crippen LogP contribution in [0.1, 0.15) is 19.8 Å². The Kier molecular flexibility index (Phi) is 2.91. The minimum Gasteiger partial charge on any atom is -0.394 e. The zero-order chi connectivity index (χ0) is 12.5. The van der Waals surface area contributed by atoms with Gasteiger partial charge in [-0.1, -0.05) is 6.92 Å². The molecule has 0 aromatic carbocycles. The number of rotatable bonds is 2. The normalized spacial score (nSPS) is 24.7. The van der Waals surface area contributed by atoms with E-state index in [4.69, 9.17) is 0 Å². The average Bonchev–Trinajstić information content (AvgIpc) is 2.86. The van der Waals surface area contributed by atoms with E-state index in [1.165, 1.54) is 0 Å². The summed E-state index contributed by atoms with van der Waals surface area (Å²) in [6.45, 7) is 3.37. The summed E-state index contributed by atoms with van der Waals surface area (Å²) in [6.07, 6.45) is 5.63. The number of hydrogen-bond acceptors (Lipinski definition) is 4. The molecule has 96 valence electrons. The second kappa shape index (κ2) is 4.57. The predicted octanol–water partition coefficient (Wildman–Crippen LogP) is 1.56. The van der Waals surface area contributed by atoms with Gasteiger partial charge in [-0.15, -0.1) is 0 Å². The highest BCUT2D eigenvalue weighted by Gasteiger charge is 2.27. The van der Waals surface area contributed by atoms with Crippen LogP contribution >= 0.6 is 0 Å². The molecule has 0 unspecified atom stereocenters. The molecule has 0 amide bonds. The van der Waals surface area contributed by atoms with Gasteiger partial charge in [0.05, 0.1) is 18.0 Å². The SMILES string of the molecule is C[C@H]1CCN(c2ncnc3[nH]ccc23)[C@@H](CO)C1. The third-order valence-corrected chi connectivity index (χ3v) is 3.79. The van der Waals surface area contributed by atoms with Gasteiger partial charge in [-0.2, -0.15) is 0 Å². The minimum absolute atomic E-state index is 0.168. The number of nitrogens with zero attached hydrogens (tertiary/aromatic N) is 3. The van der Waals surface area contributed by atoms with Crippen LogP contribution in [0.3, 0.4) is 0 Å². The molecule has 1 aliphatic rings. The van der Waals surface area contributed by atoms with E-state index in [0.717, 1.165) is 36.2 Å². The number of hydrogen-bond donors (Lipinski definition) is 2. The fourth-order valence-corrected chi connectivity index (χ4v) is 2.79. The van der Waals surface area contributed by atoms with Crippen LogP contribution in [-0.4, -0.2) is 39.3 Å². The molecule has 0 saturated carbocycles. The molecule has 2 atom stereocenters. The van der Waals surface area contributed by atoms with E-state index in [2.05, 4.69) is 26.8 Å². The number of aliphatic hydroxyl groups excluding tert-OH is 1. The van der Waals surface area contributed by atoms with E-state index in [-0.39, 0.29) is 12.6 Å². The Hall–Kier alpha value is -1.62. The lowest BCUT2D eigenvalue weighted by Crippen LogP contribution is -2.44. The monoisotopic (exact) mass is 246 g/mol. The van der Waals surface area contributed by atoms with Gasteiger partial charge in [0.15, 0.2) is 0 Å². The van der Waals surface area contributed by atoms with Crippen LogP contribution in [0.25, 0.3) is 11.0 Å². The van der Waals surface area contributed by atoms with Crippen molar-refractivity contribution in [3.63, 3.8) is 0 Å². The van der Waals surface area contributed by atoms with Gasteiger partial charge in [0, 0.05) is 12.7 Å². The van der Waals surface area contributed by atoms with Crippen LogP contribution in [0.5, 0.6) is 0 Å². The molecule has 2 N–H and O–H groups in total. The van der Waals surface area contributed by atoms with Gasteiger partial charge in [0.1, 0.15) is 17.8 Å². The Bertz CT molecular complexity index is 539. The molecule has 5 heteroatoms. The Morgan fingerprint density at radius 3 is 3.22 bits per heavy atom. The van der Waals surface area contributed by atoms with Crippen molar-refractivity contribution in [2.45, 2.75) is 25.8 Å². The number of nitrogens with one attached hydrogen (secondary N) is 1. The molecule has 18 heavy (non-hydrogen) atoms. The lowest BCUT2D eigenvalue weighted by Gasteiger charge is -2.38. The van der Waals surface area contributed by atoms with Gasteiger partial charge in [-0.25, -0.2) is 9.97 Å². The number of H-pyrrole nitrogens is 1. The molecule has 2 aromatic rings. The van der Waals surface area contributed by atoms with E-state index in [0.29, 0.717) is 5.92 Å². The fraction of sp³-hybridized carbons (Fsp3) is 0.538. The predicted molar refractivity (Wildman–Crippen MR) is 70.5 cm³/mol. The first kappa shape index (κ1) is 11.5. The number of piperidine rings is 1. The largest absolute Gasteiger partial charge is 0.394 e. The molecular formula is C13H18N4O. The highest BCUT2D eigenvalue weighted by molar-refractivity contribution is 5.87. The van der Waals surface area contributed by atoms with Crippen LogP contribution in [0.4, 0.5) is 5.82 Å². The molecule has 5 nitrogen and oxygen atoms in total. The van der Waals surface area contributed by atoms with Crippen molar-refractivity contribution in [2.24, 2.45) is 5.92 Å². The van der Waals surface area contributed by atoms with Gasteiger partial charge < -0.3 is 15.0 Å². The number of aromatic amines is 1. The van der Waals surface area contributed by atoms with Gasteiger partial charge in [0.25, 0.3) is 0 Å². The number of aliphatic hydroxyl groups is 1. The van der Waals surface area contributed by atoms with Crippen LogP contribution in [-0.2, 0) is 0 Å². The van der Waals surface area contributed by atoms with Crippen molar-refractivity contribution in [3.8, 4) is 0 Å². The minimum atomic E-state index is 0.168. The molecule has 1 fully saturated rings. The molecule has 2 aromatic heterocycles. The zero-order valence-electron chi connectivity index (χ0n) is 10.5. The smallest absolute Gasteiger partial charge is 0.142 e. The first-order chi connectivity index (χ1) is 8.79. The first-order valence-corrected chi connectivity index (χ1v) is 6.45. The standard InChI is InChI=1S/C13H18N4O/c1-9-3-5-17(10(6-9)7-18)13-11-2-4-14-12(11)15-8-16-13/h2,4,8-10,18H,3,5-7H2,1H3,(H,14,15,16)/t9-,10+/m0/s1. The summed E-state index contributed by atoms with van der Waals surface area (Å²) in [7, 11) is 0. The fourth-order valence-electron chi connectivity index (χ4n) is 2.79. The number of fused-ring (bicyclic) bond motifs is 1. The summed E-state index contributed by atoms with van der Waals surface area (Å²) in [5, 5.41) is 10.6. The molecular weight excluding hydrogens is 228 g/mol. The summed E-state index contributed by atoms with van der Waals surface area (Å²) in [6, 6.07) is 2.17. The topological polar surface area (TPSA) is 65.0 Å². The summed E-state index contributed by atoms with van der Waals surface area (Å²) >= 11 is 0. The highest BCUT2D eigenvalue weighted by Crippen LogP contribution is 2.30. The van der Waals surface area contributed by atoms with Gasteiger partial charge in [-0.05, 0) is 24.8 Å². The highest BCUT2D eigenvalue weighted by atomic mass is 16.3. The molecule has 0 spiro atoms. The molecule has 0 radical (unpaired) electrons. The number of anilines is 1. The van der Waals surface area contributed by atoms with Crippen LogP contribution in [0.2, 0.25) is 0 Å². The molecule has 1 saturated heterocycles. The maximum atomic E-state index is 9.57. The molecule has 1 aliphatic heterocycles. The molecule has 3 rings (SSSR count). The quantitative estimate of drug-likeness (QED) is 0.844. The van der Waals surface area contributed by atoms with Crippen molar-refractivity contribution in [3.05, 3.63) is 18.6 Å². The third kappa shape index (κ3) is 1.84. The van der Waals surface area contributed by atoms with Crippen molar-refractivity contribution in [2.75, 3.05) is 18.1 Å².